The molecule has 0 radical (unpaired) electrons. The van der Waals surface area contributed by atoms with Crippen molar-refractivity contribution in [2.24, 2.45) is 0 Å². The Morgan fingerprint density at radius 2 is 1.21 bits per heavy atom. The van der Waals surface area contributed by atoms with Crippen LogP contribution in [-0.2, 0) is 51.9 Å². The first-order chi connectivity index (χ1) is 49.3. The number of aryl methyl sites for hydroxylation is 1. The van der Waals surface area contributed by atoms with Gasteiger partial charge in [-0.1, -0.05) is 61.4 Å². The second-order valence-electron chi connectivity index (χ2n) is 23.0. The number of aromatic nitrogens is 19. The number of anilines is 4. The lowest BCUT2D eigenvalue weighted by Crippen LogP contribution is -2.48. The first kappa shape index (κ1) is 67.6. The van der Waals surface area contributed by atoms with Crippen molar-refractivity contribution in [3.63, 3.8) is 0 Å². The maximum atomic E-state index is 15.3. The summed E-state index contributed by atoms with van der Waals surface area (Å²) in [4.78, 5) is 69.9. The van der Waals surface area contributed by atoms with Crippen LogP contribution in [0.5, 0.6) is 11.5 Å². The number of ether oxygens (including phenoxy) is 2. The Balaban J connectivity index is 0.715. The number of carbonyl (C=O) groups is 4. The topological polar surface area (TPSA) is 342 Å². The van der Waals surface area contributed by atoms with Crippen LogP contribution in [0.2, 0.25) is 0 Å². The molecule has 0 aliphatic heterocycles. The highest BCUT2D eigenvalue weighted by Gasteiger charge is 2.33. The number of H-pyrrole nitrogens is 4. The molecule has 6 heterocycles. The first-order valence-electron chi connectivity index (χ1n) is 31.7. The third-order valence-corrected chi connectivity index (χ3v) is 17.1. The third-order valence-electron chi connectivity index (χ3n) is 16.1. The number of aromatic amines is 4. The summed E-state index contributed by atoms with van der Waals surface area (Å²) in [5, 5.41) is 57.4. The van der Waals surface area contributed by atoms with Gasteiger partial charge in [0.25, 0.3) is 11.7 Å². The zero-order chi connectivity index (χ0) is 71.2. The molecule has 13 aromatic rings. The van der Waals surface area contributed by atoms with E-state index in [1.165, 1.54) is 56.0 Å². The number of rotatable bonds is 25. The predicted molar refractivity (Wildman–Crippen MR) is 356 cm³/mol. The molecular formula is C67H60F4N23O7S+3. The third kappa shape index (κ3) is 15.3. The summed E-state index contributed by atoms with van der Waals surface area (Å²) >= 11 is 1.38. The molecule has 4 amide bonds. The molecule has 0 aliphatic carbocycles. The number of amides is 4. The van der Waals surface area contributed by atoms with Crippen LogP contribution in [0, 0.1) is 12.7 Å². The summed E-state index contributed by atoms with van der Waals surface area (Å²) in [7, 11) is 1.53. The highest BCUT2D eigenvalue weighted by atomic mass is 32.1. The maximum absolute atomic E-state index is 15.3. The molecule has 0 bridgehead atoms. The Hall–Kier alpha value is -13.0. The largest absolute Gasteiger partial charge is 0.573 e. The molecular weight excluding hydrogens is 1350 g/mol. The van der Waals surface area contributed by atoms with Gasteiger partial charge >= 0.3 is 18.0 Å². The van der Waals surface area contributed by atoms with Crippen LogP contribution in [0.3, 0.4) is 0 Å². The van der Waals surface area contributed by atoms with E-state index in [9.17, 15) is 32.3 Å². The van der Waals surface area contributed by atoms with Crippen LogP contribution in [0.1, 0.15) is 67.6 Å². The Bertz CT molecular complexity index is 5210. The van der Waals surface area contributed by atoms with Gasteiger partial charge in [0.1, 0.15) is 38.9 Å². The lowest BCUT2D eigenvalue weighted by atomic mass is 10.1. The zero-order valence-corrected chi connectivity index (χ0v) is 55.7. The summed E-state index contributed by atoms with van der Waals surface area (Å²) in [6.07, 6.45) is -4.70. The van der Waals surface area contributed by atoms with Crippen molar-refractivity contribution in [3.8, 4) is 68.4 Å². The number of fused-ring (bicyclic) bond motifs is 1. The van der Waals surface area contributed by atoms with Crippen LogP contribution in [0.4, 0.5) is 40.3 Å². The van der Waals surface area contributed by atoms with E-state index in [0.717, 1.165) is 21.6 Å². The highest BCUT2D eigenvalue weighted by molar-refractivity contribution is 7.18. The average Bonchev–Trinajstić information content (AvgIpc) is 1.57. The number of thiazole rings is 1. The van der Waals surface area contributed by atoms with Gasteiger partial charge in [-0.15, -0.1) is 34.7 Å². The summed E-state index contributed by atoms with van der Waals surface area (Å²) in [5.74, 6) is -0.916. The Kier molecular flexibility index (Phi) is 19.4. The minimum atomic E-state index is -5.11. The van der Waals surface area contributed by atoms with E-state index in [2.05, 4.69) is 76.8 Å². The molecule has 0 saturated carbocycles. The quantitative estimate of drug-likeness (QED) is 0.0308. The van der Waals surface area contributed by atoms with Gasteiger partial charge in [0.15, 0.2) is 27.6 Å². The lowest BCUT2D eigenvalue weighted by molar-refractivity contribution is -0.794. The van der Waals surface area contributed by atoms with Gasteiger partial charge < -0.3 is 29.1 Å². The summed E-state index contributed by atoms with van der Waals surface area (Å²) in [6, 6.07) is 41.2. The highest BCUT2D eigenvalue weighted by Crippen LogP contribution is 2.33. The predicted octanol–water partition coefficient (Wildman–Crippen LogP) is 8.47. The van der Waals surface area contributed by atoms with Crippen molar-refractivity contribution in [2.45, 2.75) is 86.0 Å². The molecule has 6 aromatic heterocycles. The van der Waals surface area contributed by atoms with E-state index in [1.807, 2.05) is 42.5 Å². The Morgan fingerprint density at radius 1 is 0.578 bits per heavy atom. The molecule has 13 rings (SSSR count). The molecule has 7 aromatic carbocycles. The van der Waals surface area contributed by atoms with E-state index in [-0.39, 0.29) is 97.2 Å². The average molecular weight is 1410 g/mol. The number of hydrogen-bond donors (Lipinski definition) is 4. The minimum absolute atomic E-state index is 0.00214. The number of benzene rings is 7. The fraction of sp³-hybridized carbons (Fsp3) is 0.209. The fourth-order valence-corrected chi connectivity index (χ4v) is 12.1. The second-order valence-corrected chi connectivity index (χ2v) is 24.1. The summed E-state index contributed by atoms with van der Waals surface area (Å²) < 4.78 is 73.0. The lowest BCUT2D eigenvalue weighted by Gasteiger charge is -2.23. The van der Waals surface area contributed by atoms with Crippen LogP contribution in [-0.4, -0.2) is 119 Å². The Morgan fingerprint density at radius 3 is 1.84 bits per heavy atom. The Labute approximate surface area is 579 Å². The molecule has 35 heteroatoms. The van der Waals surface area contributed by atoms with Gasteiger partial charge in [-0.3, -0.25) is 19.2 Å². The van der Waals surface area contributed by atoms with Crippen LogP contribution >= 0.6 is 11.3 Å². The van der Waals surface area contributed by atoms with E-state index >= 15 is 4.39 Å². The van der Waals surface area contributed by atoms with Crippen molar-refractivity contribution in [3.05, 3.63) is 185 Å². The van der Waals surface area contributed by atoms with Crippen molar-refractivity contribution in [2.75, 3.05) is 26.7 Å². The number of methoxy groups -OCH3 is 1. The van der Waals surface area contributed by atoms with Crippen molar-refractivity contribution < 1.29 is 65.2 Å². The zero-order valence-electron chi connectivity index (χ0n) is 54.9. The molecule has 0 fully saturated rings. The molecule has 0 spiro atoms. The van der Waals surface area contributed by atoms with Gasteiger partial charge in [0.05, 0.1) is 64.8 Å². The molecule has 102 heavy (non-hydrogen) atoms. The molecule has 0 unspecified atom stereocenters. The fourth-order valence-electron chi connectivity index (χ4n) is 11.1. The van der Waals surface area contributed by atoms with Crippen LogP contribution in [0.25, 0.3) is 67.1 Å². The number of alkyl halides is 3. The number of hydrogen-bond acceptors (Lipinski definition) is 20. The van der Waals surface area contributed by atoms with Gasteiger partial charge in [0, 0.05) is 70.1 Å². The summed E-state index contributed by atoms with van der Waals surface area (Å²) in [5.41, 5.74) is 6.89. The monoisotopic (exact) mass is 1410 g/mol. The van der Waals surface area contributed by atoms with Gasteiger partial charge in [-0.2, -0.15) is 10.2 Å². The SMILES string of the molecule is CCC(=O)N(Cc1cc(OC(F)(F)F)cc(-[n+]2nnc(-c3cccc(N(Cc4nc5ccc(-[n+]6n[nH]c(-c7cccc(N(Cc8nonc8C)C(=O)CC)c7)n6)cc5s4)C(=O)CC)c3)[nH]2)c1)c1cccc(-c2nn[n+](CC(=O)N(Cc3ccc(OC)cc3)c3cc(F)cc(-c4nnn[nH]4)c3)[nH]2)c1. The maximum Gasteiger partial charge on any atom is 0.573 e. The molecule has 0 atom stereocenters. The normalized spacial score (nSPS) is 11.5. The number of nitrogens with one attached hydrogen (secondary N) is 4. The van der Waals surface area contributed by atoms with Crippen molar-refractivity contribution in [1.29, 1.82) is 0 Å². The van der Waals surface area contributed by atoms with E-state index in [1.54, 1.807) is 116 Å². The van der Waals surface area contributed by atoms with Crippen LogP contribution < -0.4 is 43.5 Å². The molecule has 516 valence electrons. The van der Waals surface area contributed by atoms with E-state index in [4.69, 9.17) is 19.4 Å². The molecule has 0 aliphatic rings. The van der Waals surface area contributed by atoms with Crippen molar-refractivity contribution >= 4 is 67.9 Å². The van der Waals surface area contributed by atoms with Crippen molar-refractivity contribution in [1.82, 2.24) is 82.2 Å². The smallest absolute Gasteiger partial charge is 0.497 e. The molecule has 0 saturated heterocycles. The number of carbonyl (C=O) groups excluding carboxylic acids is 4. The van der Waals surface area contributed by atoms with Crippen LogP contribution in [0.15, 0.2) is 156 Å². The standard InChI is InChI=1S/C67H57F4N23O7S/c1-6-59(95)88(47-15-9-12-42(27-47)64-75-85-92(78-64)38-62(98)89(34-40-18-21-53(99-5)22-19-40)51-30-45(26-46(68)31-51)63-73-83-84-74-63)35-41-24-52(32-54(25-41)100-67(69,70)71)94-80-66(77-87-94)44-14-11-17-49(29-44)91(61(97)8-3)37-58-72-55-23-20-50(33-57(55)102-58)93-79-65(76-86-93)43-13-10-16-48(28-43)90(60(96)7-2)36-56-39(4)81-101-82-56/h9-33H,6-8,34-38H2,1-5H3,(H,73,74,83,84)/p+3. The van der Waals surface area contributed by atoms with Gasteiger partial charge in [-0.25, -0.2) is 19.1 Å². The minimum Gasteiger partial charge on any atom is -0.497 e. The number of nitrogens with zero attached hydrogens (tertiary/aromatic N) is 19. The molecule has 4 N–H and O–H groups in total. The number of tetrazole rings is 4. The summed E-state index contributed by atoms with van der Waals surface area (Å²) in [6.45, 7) is 6.55. The second kappa shape index (κ2) is 29.2. The van der Waals surface area contributed by atoms with E-state index < -0.39 is 36.3 Å². The number of halogens is 4. The van der Waals surface area contributed by atoms with E-state index in [0.29, 0.717) is 78.5 Å². The molecule has 30 nitrogen and oxygen atoms in total. The first-order valence-corrected chi connectivity index (χ1v) is 32.5. The van der Waals surface area contributed by atoms with Gasteiger partial charge in [-0.05, 0) is 152 Å². The van der Waals surface area contributed by atoms with Gasteiger partial charge in [0.2, 0.25) is 24.3 Å².